The number of aromatic nitrogens is 2. The molecule has 150 valence electrons. The summed E-state index contributed by atoms with van der Waals surface area (Å²) in [6.07, 6.45) is 4.63. The molecule has 3 heterocycles. The van der Waals surface area contributed by atoms with Gasteiger partial charge in [0.25, 0.3) is 5.91 Å². The summed E-state index contributed by atoms with van der Waals surface area (Å²) in [5.41, 5.74) is 0.916. The Hall–Kier alpha value is -2.54. The first kappa shape index (κ1) is 18.8. The van der Waals surface area contributed by atoms with Gasteiger partial charge in [0.2, 0.25) is 0 Å². The van der Waals surface area contributed by atoms with Crippen LogP contribution in [0.2, 0.25) is 0 Å². The number of rotatable bonds is 6. The lowest BCUT2D eigenvalue weighted by molar-refractivity contribution is -0.135. The molecule has 0 radical (unpaired) electrons. The smallest absolute Gasteiger partial charge is 0.260 e. The van der Waals surface area contributed by atoms with Crippen LogP contribution in [0.5, 0.6) is 11.5 Å². The molecule has 0 N–H and O–H groups in total. The summed E-state index contributed by atoms with van der Waals surface area (Å²) in [5.74, 6) is 1.47. The predicted octanol–water partition coefficient (Wildman–Crippen LogP) is 1.82. The first-order valence-corrected chi connectivity index (χ1v) is 9.91. The van der Waals surface area contributed by atoms with Gasteiger partial charge in [-0.15, -0.1) is 0 Å². The summed E-state index contributed by atoms with van der Waals surface area (Å²) < 4.78 is 13.8. The lowest BCUT2D eigenvalue weighted by Crippen LogP contribution is -2.50. The Morgan fingerprint density at radius 2 is 2.00 bits per heavy atom. The zero-order valence-corrected chi connectivity index (χ0v) is 16.6. The second kappa shape index (κ2) is 7.83. The largest absolute Gasteiger partial charge is 0.483 e. The van der Waals surface area contributed by atoms with E-state index >= 15 is 0 Å². The van der Waals surface area contributed by atoms with Crippen molar-refractivity contribution < 1.29 is 14.3 Å². The van der Waals surface area contributed by atoms with Crippen molar-refractivity contribution in [3.63, 3.8) is 0 Å². The molecule has 7 heteroatoms. The quantitative estimate of drug-likeness (QED) is 0.760. The molecule has 1 fully saturated rings. The number of amides is 1. The van der Waals surface area contributed by atoms with Crippen molar-refractivity contribution in [3.8, 4) is 11.5 Å². The molecule has 0 spiro atoms. The minimum absolute atomic E-state index is 0.0292. The van der Waals surface area contributed by atoms with Crippen LogP contribution in [0.25, 0.3) is 0 Å². The monoisotopic (exact) mass is 384 g/mol. The van der Waals surface area contributed by atoms with Crippen LogP contribution < -0.4 is 9.47 Å². The van der Waals surface area contributed by atoms with E-state index < -0.39 is 0 Å². The SMILES string of the molecule is CC1(C)Cc2cccc(OCC(=O)N3CCN(CCn4cccn4)CC3)c2O1. The van der Waals surface area contributed by atoms with E-state index in [0.717, 1.165) is 57.0 Å². The summed E-state index contributed by atoms with van der Waals surface area (Å²) in [6.45, 7) is 9.23. The highest BCUT2D eigenvalue weighted by Gasteiger charge is 2.32. The third kappa shape index (κ3) is 4.30. The highest BCUT2D eigenvalue weighted by atomic mass is 16.5. The molecule has 7 nitrogen and oxygen atoms in total. The number of benzene rings is 1. The van der Waals surface area contributed by atoms with Crippen LogP contribution in [0.1, 0.15) is 19.4 Å². The van der Waals surface area contributed by atoms with Crippen LogP contribution in [0, 0.1) is 0 Å². The van der Waals surface area contributed by atoms with E-state index in [9.17, 15) is 4.79 Å². The van der Waals surface area contributed by atoms with Crippen molar-refractivity contribution in [1.29, 1.82) is 0 Å². The second-order valence-corrected chi connectivity index (χ2v) is 8.06. The molecule has 1 aromatic heterocycles. The van der Waals surface area contributed by atoms with Gasteiger partial charge in [0.05, 0.1) is 6.54 Å². The number of hydrogen-bond acceptors (Lipinski definition) is 5. The van der Waals surface area contributed by atoms with Crippen molar-refractivity contribution in [3.05, 3.63) is 42.2 Å². The van der Waals surface area contributed by atoms with Gasteiger partial charge >= 0.3 is 0 Å². The average Bonchev–Trinajstić information content (AvgIpc) is 3.31. The molecule has 28 heavy (non-hydrogen) atoms. The lowest BCUT2D eigenvalue weighted by atomic mass is 10.0. The summed E-state index contributed by atoms with van der Waals surface area (Å²) in [5, 5.41) is 4.23. The average molecular weight is 384 g/mol. The fourth-order valence-corrected chi connectivity index (χ4v) is 3.83. The molecule has 0 bridgehead atoms. The number of fused-ring (bicyclic) bond motifs is 1. The molecule has 2 aliphatic rings. The number of para-hydroxylation sites is 1. The molecule has 0 unspecified atom stereocenters. The van der Waals surface area contributed by atoms with Gasteiger partial charge in [-0.05, 0) is 26.0 Å². The molecule has 0 saturated carbocycles. The first-order chi connectivity index (χ1) is 13.5. The van der Waals surface area contributed by atoms with Crippen LogP contribution in [-0.2, 0) is 17.8 Å². The van der Waals surface area contributed by atoms with Crippen molar-refractivity contribution in [1.82, 2.24) is 19.6 Å². The highest BCUT2D eigenvalue weighted by Crippen LogP contribution is 2.41. The Balaban J connectivity index is 1.24. The van der Waals surface area contributed by atoms with Crippen LogP contribution in [-0.4, -0.2) is 70.4 Å². The molecule has 1 saturated heterocycles. The maximum absolute atomic E-state index is 12.6. The number of ether oxygens (including phenoxy) is 2. The fraction of sp³-hybridized carbons (Fsp3) is 0.524. The Morgan fingerprint density at radius 1 is 1.18 bits per heavy atom. The third-order valence-corrected chi connectivity index (χ3v) is 5.34. The number of carbonyl (C=O) groups excluding carboxylic acids is 1. The van der Waals surface area contributed by atoms with Gasteiger partial charge in [-0.1, -0.05) is 12.1 Å². The standard InChI is InChI=1S/C21H28N4O3/c1-21(2)15-17-5-3-6-18(20(17)28-21)27-16-19(26)24-12-9-23(10-13-24)11-14-25-8-4-7-22-25/h3-8H,9-16H2,1-2H3. The van der Waals surface area contributed by atoms with Crippen LogP contribution in [0.3, 0.4) is 0 Å². The summed E-state index contributed by atoms with van der Waals surface area (Å²) in [6, 6.07) is 7.83. The van der Waals surface area contributed by atoms with E-state index in [2.05, 4.69) is 29.9 Å². The maximum atomic E-state index is 12.6. The van der Waals surface area contributed by atoms with E-state index in [0.29, 0.717) is 5.75 Å². The number of hydrogen-bond donors (Lipinski definition) is 0. The van der Waals surface area contributed by atoms with Gasteiger partial charge in [0.15, 0.2) is 18.1 Å². The molecule has 2 aromatic rings. The maximum Gasteiger partial charge on any atom is 0.260 e. The van der Waals surface area contributed by atoms with Gasteiger partial charge < -0.3 is 14.4 Å². The predicted molar refractivity (Wildman–Crippen MR) is 106 cm³/mol. The van der Waals surface area contributed by atoms with Gasteiger partial charge in [-0.25, -0.2) is 0 Å². The second-order valence-electron chi connectivity index (χ2n) is 8.06. The van der Waals surface area contributed by atoms with Gasteiger partial charge in [0, 0.05) is 57.1 Å². The van der Waals surface area contributed by atoms with E-state index in [1.165, 1.54) is 0 Å². The molecule has 1 amide bonds. The first-order valence-electron chi connectivity index (χ1n) is 9.91. The molecule has 2 aliphatic heterocycles. The van der Waals surface area contributed by atoms with Crippen LogP contribution >= 0.6 is 0 Å². The Morgan fingerprint density at radius 3 is 2.75 bits per heavy atom. The van der Waals surface area contributed by atoms with Gasteiger partial charge in [-0.3, -0.25) is 14.4 Å². The van der Waals surface area contributed by atoms with E-state index in [4.69, 9.17) is 9.47 Å². The lowest BCUT2D eigenvalue weighted by Gasteiger charge is -2.34. The zero-order valence-electron chi connectivity index (χ0n) is 16.6. The molecule has 0 aliphatic carbocycles. The van der Waals surface area contributed by atoms with Gasteiger partial charge in [0.1, 0.15) is 5.60 Å². The van der Waals surface area contributed by atoms with E-state index in [1.54, 1.807) is 6.20 Å². The Labute approximate surface area is 165 Å². The molecule has 1 aromatic carbocycles. The van der Waals surface area contributed by atoms with E-state index in [-0.39, 0.29) is 18.1 Å². The van der Waals surface area contributed by atoms with E-state index in [1.807, 2.05) is 34.0 Å². The summed E-state index contributed by atoms with van der Waals surface area (Å²) in [4.78, 5) is 16.8. The number of nitrogens with zero attached hydrogens (tertiary/aromatic N) is 4. The fourth-order valence-electron chi connectivity index (χ4n) is 3.83. The van der Waals surface area contributed by atoms with Crippen molar-refractivity contribution in [2.75, 3.05) is 39.3 Å². The van der Waals surface area contributed by atoms with Crippen molar-refractivity contribution in [2.24, 2.45) is 0 Å². The van der Waals surface area contributed by atoms with Crippen molar-refractivity contribution >= 4 is 5.91 Å². The van der Waals surface area contributed by atoms with Crippen molar-refractivity contribution in [2.45, 2.75) is 32.4 Å². The van der Waals surface area contributed by atoms with Crippen LogP contribution in [0.15, 0.2) is 36.7 Å². The third-order valence-electron chi connectivity index (χ3n) is 5.34. The zero-order chi connectivity index (χ0) is 19.6. The normalized spacial score (nSPS) is 18.6. The topological polar surface area (TPSA) is 59.8 Å². The van der Waals surface area contributed by atoms with Gasteiger partial charge in [-0.2, -0.15) is 5.10 Å². The highest BCUT2D eigenvalue weighted by molar-refractivity contribution is 5.78. The molecular weight excluding hydrogens is 356 g/mol. The number of carbonyl (C=O) groups is 1. The molecular formula is C21H28N4O3. The minimum atomic E-state index is -0.224. The number of piperazine rings is 1. The Kier molecular flexibility index (Phi) is 5.26. The molecule has 4 rings (SSSR count). The minimum Gasteiger partial charge on any atom is -0.483 e. The van der Waals surface area contributed by atoms with Crippen LogP contribution in [0.4, 0.5) is 0 Å². The summed E-state index contributed by atoms with van der Waals surface area (Å²) in [7, 11) is 0. The Bertz CT molecular complexity index is 811. The summed E-state index contributed by atoms with van der Waals surface area (Å²) >= 11 is 0. The molecule has 0 atom stereocenters.